The lowest BCUT2D eigenvalue weighted by Gasteiger charge is -2.29. The number of quaternary nitrogens is 1. The number of phosphoric ester groups is 1. The zero-order valence-corrected chi connectivity index (χ0v) is 38.2. The van der Waals surface area contributed by atoms with Gasteiger partial charge in [0, 0.05) is 6.42 Å². The average molecular weight is 811 g/mol. The number of nitrogens with one attached hydrogen (secondary N) is 1. The third-order valence-corrected chi connectivity index (χ3v) is 11.3. The van der Waals surface area contributed by atoms with Crippen molar-refractivity contribution in [1.29, 1.82) is 0 Å². The van der Waals surface area contributed by atoms with Gasteiger partial charge in [0.05, 0.1) is 39.9 Å². The standard InChI is InChI=1S/C47H91N2O6P/c1-6-8-10-12-14-16-18-20-22-24-26-28-30-32-34-36-38-40-46(50)45(44-55-56(52,53)54-43-42-49(3,4)5)48-47(51)41-39-37-35-33-31-29-27-25-23-21-19-17-15-13-11-9-7-2/h21,23,30,32,38,40,45-46,50H,6-20,22,24-29,31,33-37,39,41-44H2,1-5H3,(H-,48,51,52,53)/b23-21+,32-30+,40-38+/t45-,46+/m0/s1. The topological polar surface area (TPSA) is 108 Å². The highest BCUT2D eigenvalue weighted by Gasteiger charge is 2.23. The quantitative estimate of drug-likeness (QED) is 0.0275. The summed E-state index contributed by atoms with van der Waals surface area (Å²) < 4.78 is 23.2. The van der Waals surface area contributed by atoms with Crippen LogP contribution in [0.1, 0.15) is 206 Å². The van der Waals surface area contributed by atoms with Crippen molar-refractivity contribution >= 4 is 13.7 Å². The predicted octanol–water partition coefficient (Wildman–Crippen LogP) is 12.5. The minimum atomic E-state index is -4.60. The van der Waals surface area contributed by atoms with Crippen molar-refractivity contribution in [2.75, 3.05) is 40.9 Å². The molecular weight excluding hydrogens is 719 g/mol. The summed E-state index contributed by atoms with van der Waals surface area (Å²) in [5.74, 6) is -0.212. The van der Waals surface area contributed by atoms with E-state index in [9.17, 15) is 19.4 Å². The van der Waals surface area contributed by atoms with E-state index in [4.69, 9.17) is 9.05 Å². The molecule has 0 fully saturated rings. The molecule has 9 heteroatoms. The first-order valence-electron chi connectivity index (χ1n) is 23.4. The maximum absolute atomic E-state index is 12.9. The Morgan fingerprint density at radius 1 is 0.607 bits per heavy atom. The van der Waals surface area contributed by atoms with Crippen molar-refractivity contribution < 1.29 is 32.9 Å². The zero-order chi connectivity index (χ0) is 41.4. The van der Waals surface area contributed by atoms with Crippen LogP contribution in [-0.2, 0) is 18.4 Å². The van der Waals surface area contributed by atoms with Crippen LogP contribution in [0.15, 0.2) is 36.5 Å². The summed E-state index contributed by atoms with van der Waals surface area (Å²) in [4.78, 5) is 25.3. The van der Waals surface area contributed by atoms with Crippen LogP contribution in [0.4, 0.5) is 0 Å². The van der Waals surface area contributed by atoms with Gasteiger partial charge in [-0.05, 0) is 57.8 Å². The Morgan fingerprint density at radius 3 is 1.45 bits per heavy atom. The van der Waals surface area contributed by atoms with E-state index in [0.717, 1.165) is 38.5 Å². The first kappa shape index (κ1) is 54.7. The lowest BCUT2D eigenvalue weighted by molar-refractivity contribution is -0.870. The Kier molecular flexibility index (Phi) is 38.3. The SMILES string of the molecule is CCCCCCCC/C=C/CCCCCCCCCC(=O)N[C@@H](COP(=O)([O-])OCC[N+](C)(C)C)[C@H](O)/C=C/CC/C=C/CCCCCCCCCCCCC. The fraction of sp³-hybridized carbons (Fsp3) is 0.851. The van der Waals surface area contributed by atoms with Gasteiger partial charge >= 0.3 is 0 Å². The molecular formula is C47H91N2O6P. The summed E-state index contributed by atoms with van der Waals surface area (Å²) in [7, 11) is 1.24. The molecule has 0 rings (SSSR count). The van der Waals surface area contributed by atoms with Crippen molar-refractivity contribution in [3.8, 4) is 0 Å². The number of phosphoric acid groups is 1. The van der Waals surface area contributed by atoms with E-state index in [1.54, 1.807) is 6.08 Å². The molecule has 0 aliphatic rings. The normalized spacial score (nSPS) is 14.6. The van der Waals surface area contributed by atoms with Crippen LogP contribution in [0.2, 0.25) is 0 Å². The average Bonchev–Trinajstić information content (AvgIpc) is 3.15. The molecule has 0 saturated heterocycles. The van der Waals surface area contributed by atoms with E-state index in [0.29, 0.717) is 17.4 Å². The fourth-order valence-corrected chi connectivity index (χ4v) is 7.30. The van der Waals surface area contributed by atoms with Crippen LogP contribution in [0.25, 0.3) is 0 Å². The molecule has 0 heterocycles. The molecule has 8 nitrogen and oxygen atoms in total. The number of allylic oxidation sites excluding steroid dienone is 5. The molecule has 0 saturated carbocycles. The van der Waals surface area contributed by atoms with Gasteiger partial charge in [-0.1, -0.05) is 179 Å². The minimum Gasteiger partial charge on any atom is -0.756 e. The number of aliphatic hydroxyl groups excluding tert-OH is 1. The summed E-state index contributed by atoms with van der Waals surface area (Å²) in [6, 6.07) is -0.903. The van der Waals surface area contributed by atoms with E-state index < -0.39 is 26.6 Å². The van der Waals surface area contributed by atoms with Gasteiger partial charge in [-0.2, -0.15) is 0 Å². The Labute approximate surface area is 347 Å². The first-order valence-corrected chi connectivity index (χ1v) is 24.8. The van der Waals surface area contributed by atoms with Crippen LogP contribution < -0.4 is 10.2 Å². The maximum Gasteiger partial charge on any atom is 0.268 e. The second-order valence-corrected chi connectivity index (χ2v) is 18.5. The molecule has 0 aliphatic carbocycles. The highest BCUT2D eigenvalue weighted by atomic mass is 31.2. The van der Waals surface area contributed by atoms with Gasteiger partial charge in [-0.15, -0.1) is 0 Å². The lowest BCUT2D eigenvalue weighted by atomic mass is 10.1. The Bertz CT molecular complexity index is 1010. The highest BCUT2D eigenvalue weighted by molar-refractivity contribution is 7.45. The summed E-state index contributed by atoms with van der Waals surface area (Å²) in [6.07, 6.45) is 47.6. The van der Waals surface area contributed by atoms with Gasteiger partial charge in [-0.3, -0.25) is 9.36 Å². The molecule has 0 bridgehead atoms. The molecule has 2 N–H and O–H groups in total. The summed E-state index contributed by atoms with van der Waals surface area (Å²) >= 11 is 0. The van der Waals surface area contributed by atoms with Crippen LogP contribution in [0.5, 0.6) is 0 Å². The van der Waals surface area contributed by atoms with E-state index in [1.807, 2.05) is 27.2 Å². The number of aliphatic hydroxyl groups is 1. The third-order valence-electron chi connectivity index (χ3n) is 10.3. The zero-order valence-electron chi connectivity index (χ0n) is 37.3. The molecule has 1 amide bonds. The maximum atomic E-state index is 12.9. The van der Waals surface area contributed by atoms with E-state index in [2.05, 4.69) is 43.5 Å². The number of likely N-dealkylation sites (N-methyl/N-ethyl adjacent to an activating group) is 1. The lowest BCUT2D eigenvalue weighted by Crippen LogP contribution is -2.45. The Hall–Kier alpha value is -1.28. The number of hydrogen-bond acceptors (Lipinski definition) is 6. The predicted molar refractivity (Wildman–Crippen MR) is 238 cm³/mol. The monoisotopic (exact) mass is 811 g/mol. The molecule has 1 unspecified atom stereocenters. The van der Waals surface area contributed by atoms with Crippen LogP contribution in [-0.4, -0.2) is 68.5 Å². The molecule has 0 aliphatic heterocycles. The van der Waals surface area contributed by atoms with Crippen LogP contribution in [0.3, 0.4) is 0 Å². The van der Waals surface area contributed by atoms with Gasteiger partial charge in [0.25, 0.3) is 7.82 Å². The number of hydrogen-bond donors (Lipinski definition) is 2. The molecule has 0 radical (unpaired) electrons. The van der Waals surface area contributed by atoms with Crippen LogP contribution in [0, 0.1) is 0 Å². The first-order chi connectivity index (χ1) is 27.0. The molecule has 330 valence electrons. The largest absolute Gasteiger partial charge is 0.756 e. The van der Waals surface area contributed by atoms with Gasteiger partial charge in [-0.25, -0.2) is 0 Å². The highest BCUT2D eigenvalue weighted by Crippen LogP contribution is 2.38. The second kappa shape index (κ2) is 39.2. The summed E-state index contributed by atoms with van der Waals surface area (Å²) in [5.41, 5.74) is 0. The number of carbonyl (C=O) groups excluding carboxylic acids is 1. The Morgan fingerprint density at radius 2 is 1.00 bits per heavy atom. The van der Waals surface area contributed by atoms with Crippen molar-refractivity contribution in [1.82, 2.24) is 5.32 Å². The third kappa shape index (κ3) is 40.9. The summed E-state index contributed by atoms with van der Waals surface area (Å²) in [5, 5.41) is 13.8. The van der Waals surface area contributed by atoms with Crippen molar-refractivity contribution in [3.05, 3.63) is 36.5 Å². The minimum absolute atomic E-state index is 0.00705. The molecule has 56 heavy (non-hydrogen) atoms. The van der Waals surface area contributed by atoms with Gasteiger partial charge in [0.15, 0.2) is 0 Å². The van der Waals surface area contributed by atoms with Crippen molar-refractivity contribution in [3.63, 3.8) is 0 Å². The fourth-order valence-electron chi connectivity index (χ4n) is 6.57. The van der Waals surface area contributed by atoms with Gasteiger partial charge < -0.3 is 28.8 Å². The molecule has 0 aromatic heterocycles. The van der Waals surface area contributed by atoms with E-state index in [1.165, 1.54) is 148 Å². The summed E-state index contributed by atoms with van der Waals surface area (Å²) in [6.45, 7) is 4.62. The molecule has 3 atom stereocenters. The smallest absolute Gasteiger partial charge is 0.268 e. The molecule has 0 aromatic rings. The second-order valence-electron chi connectivity index (χ2n) is 17.1. The van der Waals surface area contributed by atoms with E-state index in [-0.39, 0.29) is 12.5 Å². The van der Waals surface area contributed by atoms with Gasteiger partial charge in [0.1, 0.15) is 13.2 Å². The molecule has 0 aromatic carbocycles. The number of carbonyl (C=O) groups is 1. The van der Waals surface area contributed by atoms with Gasteiger partial charge in [0.2, 0.25) is 5.91 Å². The number of nitrogens with zero attached hydrogens (tertiary/aromatic N) is 1. The Balaban J connectivity index is 4.45. The number of unbranched alkanes of at least 4 members (excludes halogenated alkanes) is 25. The number of amides is 1. The molecule has 0 spiro atoms. The van der Waals surface area contributed by atoms with Crippen LogP contribution >= 0.6 is 7.82 Å². The van der Waals surface area contributed by atoms with Crippen molar-refractivity contribution in [2.24, 2.45) is 0 Å². The van der Waals surface area contributed by atoms with Crippen molar-refractivity contribution in [2.45, 2.75) is 219 Å². The number of rotatable bonds is 42. The van der Waals surface area contributed by atoms with E-state index >= 15 is 0 Å².